The van der Waals surface area contributed by atoms with E-state index in [1.807, 2.05) is 12.1 Å². The Balaban J connectivity index is 2.41. The highest BCUT2D eigenvalue weighted by Gasteiger charge is 2.04. The number of nitrogens with one attached hydrogen (secondary N) is 1. The summed E-state index contributed by atoms with van der Waals surface area (Å²) in [5.74, 6) is 0.0176. The number of carbonyl (C=O) groups excluding carboxylic acids is 1. The van der Waals surface area contributed by atoms with Crippen molar-refractivity contribution in [2.24, 2.45) is 0 Å². The van der Waals surface area contributed by atoms with Crippen molar-refractivity contribution in [3.63, 3.8) is 0 Å². The molecule has 0 spiro atoms. The second-order valence-electron chi connectivity index (χ2n) is 3.17. The van der Waals surface area contributed by atoms with Crippen LogP contribution in [0.3, 0.4) is 0 Å². The van der Waals surface area contributed by atoms with Crippen molar-refractivity contribution in [3.8, 4) is 0 Å². The number of unbranched alkanes of at least 4 members (excludes halogenated alkanes) is 1. The highest BCUT2D eigenvalue weighted by Crippen LogP contribution is 2.20. The standard InChI is InChI=1S/C11H13BrClNO/c12-8-4-3-7-11(15)14-10-6-2-1-5-9(10)13/h1-2,5-6H,3-4,7-8H2,(H,14,15). The van der Waals surface area contributed by atoms with Gasteiger partial charge in [-0.3, -0.25) is 4.79 Å². The van der Waals surface area contributed by atoms with Crippen LogP contribution in [0.15, 0.2) is 24.3 Å². The number of alkyl halides is 1. The van der Waals surface area contributed by atoms with E-state index in [0.717, 1.165) is 18.2 Å². The second-order valence-corrected chi connectivity index (χ2v) is 4.37. The van der Waals surface area contributed by atoms with Crippen molar-refractivity contribution in [2.45, 2.75) is 19.3 Å². The number of carbonyl (C=O) groups is 1. The molecule has 0 radical (unpaired) electrons. The minimum absolute atomic E-state index is 0.0176. The smallest absolute Gasteiger partial charge is 0.224 e. The van der Waals surface area contributed by atoms with E-state index in [9.17, 15) is 4.79 Å². The molecule has 0 heterocycles. The largest absolute Gasteiger partial charge is 0.325 e. The highest BCUT2D eigenvalue weighted by molar-refractivity contribution is 9.09. The van der Waals surface area contributed by atoms with Gasteiger partial charge in [-0.25, -0.2) is 0 Å². The van der Waals surface area contributed by atoms with Crippen LogP contribution in [-0.4, -0.2) is 11.2 Å². The molecular weight excluding hydrogens is 277 g/mol. The van der Waals surface area contributed by atoms with Crippen LogP contribution in [0, 0.1) is 0 Å². The molecule has 0 fully saturated rings. The molecule has 0 atom stereocenters. The maximum absolute atomic E-state index is 11.5. The zero-order valence-electron chi connectivity index (χ0n) is 8.30. The minimum Gasteiger partial charge on any atom is -0.325 e. The molecule has 0 aromatic heterocycles. The number of anilines is 1. The number of rotatable bonds is 5. The van der Waals surface area contributed by atoms with E-state index >= 15 is 0 Å². The van der Waals surface area contributed by atoms with Crippen LogP contribution in [-0.2, 0) is 4.79 Å². The summed E-state index contributed by atoms with van der Waals surface area (Å²) in [7, 11) is 0. The molecule has 1 aromatic rings. The lowest BCUT2D eigenvalue weighted by molar-refractivity contribution is -0.116. The van der Waals surface area contributed by atoms with E-state index in [1.165, 1.54) is 0 Å². The third-order valence-electron chi connectivity index (χ3n) is 1.94. The summed E-state index contributed by atoms with van der Waals surface area (Å²) < 4.78 is 0. The Morgan fingerprint density at radius 3 is 2.73 bits per heavy atom. The molecule has 0 saturated carbocycles. The zero-order chi connectivity index (χ0) is 11.1. The van der Waals surface area contributed by atoms with Gasteiger partial charge < -0.3 is 5.32 Å². The fraction of sp³-hybridized carbons (Fsp3) is 0.364. The van der Waals surface area contributed by atoms with E-state index in [-0.39, 0.29) is 5.91 Å². The lowest BCUT2D eigenvalue weighted by atomic mass is 10.2. The molecule has 0 unspecified atom stereocenters. The van der Waals surface area contributed by atoms with E-state index in [4.69, 9.17) is 11.6 Å². The second kappa shape index (κ2) is 6.85. The molecule has 1 N–H and O–H groups in total. The molecular formula is C11H13BrClNO. The molecule has 1 aromatic carbocycles. The van der Waals surface area contributed by atoms with Crippen LogP contribution in [0.25, 0.3) is 0 Å². The Kier molecular flexibility index (Phi) is 5.73. The highest BCUT2D eigenvalue weighted by atomic mass is 79.9. The zero-order valence-corrected chi connectivity index (χ0v) is 10.6. The van der Waals surface area contributed by atoms with Gasteiger partial charge in [-0.2, -0.15) is 0 Å². The minimum atomic E-state index is 0.0176. The van der Waals surface area contributed by atoms with E-state index in [2.05, 4.69) is 21.2 Å². The van der Waals surface area contributed by atoms with Gasteiger partial charge >= 0.3 is 0 Å². The quantitative estimate of drug-likeness (QED) is 0.648. The van der Waals surface area contributed by atoms with Crippen molar-refractivity contribution in [2.75, 3.05) is 10.6 Å². The Labute approximate surface area is 103 Å². The molecule has 2 nitrogen and oxygen atoms in total. The summed E-state index contributed by atoms with van der Waals surface area (Å²) in [5, 5.41) is 4.30. The SMILES string of the molecule is O=C(CCCCBr)Nc1ccccc1Cl. The first-order valence-electron chi connectivity index (χ1n) is 4.84. The van der Waals surface area contributed by atoms with Crippen molar-refractivity contribution in [3.05, 3.63) is 29.3 Å². The summed E-state index contributed by atoms with van der Waals surface area (Å²) in [5.41, 5.74) is 0.683. The molecule has 4 heteroatoms. The monoisotopic (exact) mass is 289 g/mol. The number of amides is 1. The first kappa shape index (κ1) is 12.5. The van der Waals surface area contributed by atoms with Gasteiger partial charge in [0.2, 0.25) is 5.91 Å². The third kappa shape index (κ3) is 4.67. The van der Waals surface area contributed by atoms with Gasteiger partial charge in [0.15, 0.2) is 0 Å². The topological polar surface area (TPSA) is 29.1 Å². The van der Waals surface area contributed by atoms with Crippen LogP contribution in [0.2, 0.25) is 5.02 Å². The predicted octanol–water partition coefficient (Wildman–Crippen LogP) is 3.84. The van der Waals surface area contributed by atoms with Gasteiger partial charge in [-0.15, -0.1) is 0 Å². The van der Waals surface area contributed by atoms with Gasteiger partial charge in [0.25, 0.3) is 0 Å². The van der Waals surface area contributed by atoms with Crippen LogP contribution in [0.1, 0.15) is 19.3 Å². The van der Waals surface area contributed by atoms with E-state index in [0.29, 0.717) is 17.1 Å². The molecule has 15 heavy (non-hydrogen) atoms. The first-order chi connectivity index (χ1) is 7.24. The van der Waals surface area contributed by atoms with Crippen LogP contribution >= 0.6 is 27.5 Å². The average Bonchev–Trinajstić information content (AvgIpc) is 2.22. The summed E-state index contributed by atoms with van der Waals surface area (Å²) in [6.45, 7) is 0. The Bertz CT molecular complexity index is 330. The van der Waals surface area contributed by atoms with E-state index in [1.54, 1.807) is 12.1 Å². The number of halogens is 2. The maximum Gasteiger partial charge on any atom is 0.224 e. The molecule has 1 rings (SSSR count). The normalized spacial score (nSPS) is 10.0. The molecule has 0 saturated heterocycles. The van der Waals surface area contributed by atoms with Crippen LogP contribution in [0.5, 0.6) is 0 Å². The van der Waals surface area contributed by atoms with Crippen molar-refractivity contribution in [1.82, 2.24) is 0 Å². The summed E-state index contributed by atoms with van der Waals surface area (Å²) in [6, 6.07) is 7.24. The number of hydrogen-bond donors (Lipinski definition) is 1. The lowest BCUT2D eigenvalue weighted by Gasteiger charge is -2.06. The number of hydrogen-bond acceptors (Lipinski definition) is 1. The molecule has 82 valence electrons. The van der Waals surface area contributed by atoms with Crippen molar-refractivity contribution < 1.29 is 4.79 Å². The number of benzene rings is 1. The molecule has 0 bridgehead atoms. The molecule has 0 aliphatic rings. The van der Waals surface area contributed by atoms with Gasteiger partial charge in [0.1, 0.15) is 0 Å². The molecule has 1 amide bonds. The van der Waals surface area contributed by atoms with Crippen LogP contribution < -0.4 is 5.32 Å². The fourth-order valence-corrected chi connectivity index (χ4v) is 1.73. The summed E-state index contributed by atoms with van der Waals surface area (Å²) in [6.07, 6.45) is 2.44. The Morgan fingerprint density at radius 2 is 2.07 bits per heavy atom. The lowest BCUT2D eigenvalue weighted by Crippen LogP contribution is -2.11. The van der Waals surface area contributed by atoms with Crippen LogP contribution in [0.4, 0.5) is 5.69 Å². The van der Waals surface area contributed by atoms with Gasteiger partial charge in [0.05, 0.1) is 10.7 Å². The van der Waals surface area contributed by atoms with Gasteiger partial charge in [0, 0.05) is 11.8 Å². The van der Waals surface area contributed by atoms with Gasteiger partial charge in [-0.1, -0.05) is 39.7 Å². The summed E-state index contributed by atoms with van der Waals surface area (Å²) in [4.78, 5) is 11.5. The molecule has 0 aliphatic carbocycles. The first-order valence-corrected chi connectivity index (χ1v) is 6.34. The average molecular weight is 291 g/mol. The predicted molar refractivity (Wildman–Crippen MR) is 67.7 cm³/mol. The Morgan fingerprint density at radius 1 is 1.33 bits per heavy atom. The summed E-state index contributed by atoms with van der Waals surface area (Å²) >= 11 is 9.23. The van der Waals surface area contributed by atoms with E-state index < -0.39 is 0 Å². The third-order valence-corrected chi connectivity index (χ3v) is 2.83. The molecule has 0 aliphatic heterocycles. The van der Waals surface area contributed by atoms with Crippen molar-refractivity contribution in [1.29, 1.82) is 0 Å². The van der Waals surface area contributed by atoms with Gasteiger partial charge in [-0.05, 0) is 25.0 Å². The van der Waals surface area contributed by atoms with Crippen molar-refractivity contribution >= 4 is 39.1 Å². The number of para-hydroxylation sites is 1. The maximum atomic E-state index is 11.5. The Hall–Kier alpha value is -0.540. The fourth-order valence-electron chi connectivity index (χ4n) is 1.16.